The van der Waals surface area contributed by atoms with Crippen molar-refractivity contribution in [1.29, 1.82) is 0 Å². The number of hydrogen-bond donors (Lipinski definition) is 2. The lowest BCUT2D eigenvalue weighted by atomic mass is 10.2. The zero-order valence-electron chi connectivity index (χ0n) is 16.6. The van der Waals surface area contributed by atoms with Gasteiger partial charge in [0, 0.05) is 46.3 Å². The number of guanidine groups is 1. The molecular weight excluding hydrogens is 486 g/mol. The minimum atomic E-state index is -0.611. The van der Waals surface area contributed by atoms with Gasteiger partial charge in [0.25, 0.3) is 0 Å². The highest BCUT2D eigenvalue weighted by atomic mass is 127. The van der Waals surface area contributed by atoms with Crippen molar-refractivity contribution in [3.8, 4) is 11.5 Å². The average Bonchev–Trinajstić information content (AvgIpc) is 2.73. The van der Waals surface area contributed by atoms with Crippen molar-refractivity contribution in [2.45, 2.75) is 6.54 Å². The second-order valence-corrected chi connectivity index (χ2v) is 6.68. The zero-order valence-corrected chi connectivity index (χ0v) is 18.9. The van der Waals surface area contributed by atoms with E-state index in [2.05, 4.69) is 20.1 Å². The standard InChI is InChI=1S/C21H27FN4O2.HI/c1-23-21(24-16-17-7-8-20(27)19(22)15-17)26-11-9-25(10-12-26)13-14-28-18-5-3-2-4-6-18;/h2-8,15,27H,9-14,16H2,1H3,(H,23,24);1H. The van der Waals surface area contributed by atoms with Crippen molar-refractivity contribution < 1.29 is 14.2 Å². The third-order valence-electron chi connectivity index (χ3n) is 4.77. The van der Waals surface area contributed by atoms with Crippen LogP contribution in [-0.4, -0.2) is 67.2 Å². The first-order valence-corrected chi connectivity index (χ1v) is 9.49. The number of rotatable bonds is 6. The van der Waals surface area contributed by atoms with Crippen molar-refractivity contribution in [1.82, 2.24) is 15.1 Å². The third-order valence-corrected chi connectivity index (χ3v) is 4.77. The number of para-hydroxylation sites is 1. The summed E-state index contributed by atoms with van der Waals surface area (Å²) in [5.41, 5.74) is 0.758. The van der Waals surface area contributed by atoms with Gasteiger partial charge in [-0.3, -0.25) is 9.89 Å². The van der Waals surface area contributed by atoms with E-state index in [1.807, 2.05) is 30.3 Å². The van der Waals surface area contributed by atoms with Crippen molar-refractivity contribution in [2.24, 2.45) is 4.99 Å². The molecule has 158 valence electrons. The van der Waals surface area contributed by atoms with E-state index >= 15 is 0 Å². The molecule has 0 saturated carbocycles. The van der Waals surface area contributed by atoms with Gasteiger partial charge in [0.1, 0.15) is 12.4 Å². The predicted molar refractivity (Wildman–Crippen MR) is 124 cm³/mol. The zero-order chi connectivity index (χ0) is 19.8. The molecule has 2 N–H and O–H groups in total. The molecule has 3 rings (SSSR count). The molecule has 1 aliphatic rings. The molecule has 0 bridgehead atoms. The molecule has 1 aliphatic heterocycles. The SMILES string of the molecule is CN=C(NCc1ccc(O)c(F)c1)N1CCN(CCOc2ccccc2)CC1.I. The Morgan fingerprint density at radius 1 is 1.14 bits per heavy atom. The first-order chi connectivity index (χ1) is 13.7. The fourth-order valence-electron chi connectivity index (χ4n) is 3.17. The van der Waals surface area contributed by atoms with Crippen molar-refractivity contribution in [3.63, 3.8) is 0 Å². The summed E-state index contributed by atoms with van der Waals surface area (Å²) in [6.45, 7) is 5.63. The van der Waals surface area contributed by atoms with Crippen LogP contribution in [0.25, 0.3) is 0 Å². The van der Waals surface area contributed by atoms with Gasteiger partial charge in [-0.05, 0) is 29.8 Å². The number of benzene rings is 2. The summed E-state index contributed by atoms with van der Waals surface area (Å²) in [5.74, 6) is 0.756. The van der Waals surface area contributed by atoms with Crippen LogP contribution in [0.5, 0.6) is 11.5 Å². The largest absolute Gasteiger partial charge is 0.505 e. The van der Waals surface area contributed by atoms with Gasteiger partial charge in [0.2, 0.25) is 0 Å². The molecular formula is C21H28FIN4O2. The molecule has 1 saturated heterocycles. The molecule has 1 fully saturated rings. The fourth-order valence-corrected chi connectivity index (χ4v) is 3.17. The predicted octanol–water partition coefficient (Wildman–Crippen LogP) is 2.92. The van der Waals surface area contributed by atoms with Crippen LogP contribution in [0, 0.1) is 5.82 Å². The second kappa shape index (κ2) is 11.8. The number of aliphatic imine (C=N–C) groups is 1. The lowest BCUT2D eigenvalue weighted by molar-refractivity contribution is 0.152. The van der Waals surface area contributed by atoms with E-state index in [9.17, 15) is 9.50 Å². The van der Waals surface area contributed by atoms with Crippen LogP contribution in [-0.2, 0) is 6.54 Å². The molecule has 0 radical (unpaired) electrons. The summed E-state index contributed by atoms with van der Waals surface area (Å²) in [5, 5.41) is 12.5. The number of ether oxygens (including phenoxy) is 1. The fraction of sp³-hybridized carbons (Fsp3) is 0.381. The topological polar surface area (TPSA) is 60.3 Å². The maximum Gasteiger partial charge on any atom is 0.194 e. The van der Waals surface area contributed by atoms with E-state index in [-0.39, 0.29) is 29.7 Å². The van der Waals surface area contributed by atoms with Crippen LogP contribution in [0.15, 0.2) is 53.5 Å². The lowest BCUT2D eigenvalue weighted by Crippen LogP contribution is -2.52. The molecule has 2 aromatic carbocycles. The number of phenolic OH excluding ortho intramolecular Hbond substituents is 1. The summed E-state index contributed by atoms with van der Waals surface area (Å²) in [4.78, 5) is 8.92. The Kier molecular flexibility index (Phi) is 9.46. The second-order valence-electron chi connectivity index (χ2n) is 6.68. The van der Waals surface area contributed by atoms with E-state index in [0.29, 0.717) is 13.2 Å². The van der Waals surface area contributed by atoms with Crippen LogP contribution >= 0.6 is 24.0 Å². The third kappa shape index (κ3) is 7.04. The highest BCUT2D eigenvalue weighted by Crippen LogP contribution is 2.16. The average molecular weight is 514 g/mol. The molecule has 1 heterocycles. The van der Waals surface area contributed by atoms with Gasteiger partial charge in [-0.1, -0.05) is 24.3 Å². The number of phenols is 1. The minimum Gasteiger partial charge on any atom is -0.505 e. The van der Waals surface area contributed by atoms with Gasteiger partial charge in [-0.15, -0.1) is 24.0 Å². The first-order valence-electron chi connectivity index (χ1n) is 9.49. The number of hydrogen-bond acceptors (Lipinski definition) is 4. The van der Waals surface area contributed by atoms with Crippen LogP contribution in [0.1, 0.15) is 5.56 Å². The van der Waals surface area contributed by atoms with Crippen LogP contribution < -0.4 is 10.1 Å². The molecule has 0 unspecified atom stereocenters. The summed E-state index contributed by atoms with van der Waals surface area (Å²) in [7, 11) is 1.75. The molecule has 6 nitrogen and oxygen atoms in total. The van der Waals surface area contributed by atoms with E-state index in [1.165, 1.54) is 12.1 Å². The summed E-state index contributed by atoms with van der Waals surface area (Å²) in [6, 6.07) is 14.2. The maximum absolute atomic E-state index is 13.5. The number of piperazine rings is 1. The Bertz CT molecular complexity index is 784. The Balaban J connectivity index is 0.00000300. The number of nitrogens with one attached hydrogen (secondary N) is 1. The molecule has 0 aliphatic carbocycles. The van der Waals surface area contributed by atoms with Crippen molar-refractivity contribution in [3.05, 3.63) is 59.9 Å². The van der Waals surface area contributed by atoms with Gasteiger partial charge in [-0.25, -0.2) is 4.39 Å². The van der Waals surface area contributed by atoms with Gasteiger partial charge < -0.3 is 20.1 Å². The maximum atomic E-state index is 13.5. The first kappa shape index (κ1) is 23.2. The Hall–Kier alpha value is -2.07. The smallest absolute Gasteiger partial charge is 0.194 e. The number of nitrogens with zero attached hydrogens (tertiary/aromatic N) is 3. The van der Waals surface area contributed by atoms with Crippen LogP contribution in [0.4, 0.5) is 4.39 Å². The lowest BCUT2D eigenvalue weighted by Gasteiger charge is -2.36. The molecule has 0 spiro atoms. The van der Waals surface area contributed by atoms with E-state index < -0.39 is 5.82 Å². The van der Waals surface area contributed by atoms with E-state index in [0.717, 1.165) is 50.0 Å². The number of halogens is 2. The number of aromatic hydroxyl groups is 1. The van der Waals surface area contributed by atoms with Gasteiger partial charge in [-0.2, -0.15) is 0 Å². The monoisotopic (exact) mass is 514 g/mol. The van der Waals surface area contributed by atoms with E-state index in [1.54, 1.807) is 13.1 Å². The Labute approximate surface area is 188 Å². The minimum absolute atomic E-state index is 0. The van der Waals surface area contributed by atoms with Crippen LogP contribution in [0.3, 0.4) is 0 Å². The summed E-state index contributed by atoms with van der Waals surface area (Å²) < 4.78 is 19.2. The van der Waals surface area contributed by atoms with Crippen LogP contribution in [0.2, 0.25) is 0 Å². The van der Waals surface area contributed by atoms with Gasteiger partial charge in [0.05, 0.1) is 0 Å². The highest BCUT2D eigenvalue weighted by Gasteiger charge is 2.19. The molecule has 2 aromatic rings. The highest BCUT2D eigenvalue weighted by molar-refractivity contribution is 14.0. The van der Waals surface area contributed by atoms with Crippen molar-refractivity contribution in [2.75, 3.05) is 46.4 Å². The van der Waals surface area contributed by atoms with Gasteiger partial charge >= 0.3 is 0 Å². The Morgan fingerprint density at radius 2 is 1.86 bits per heavy atom. The molecule has 0 aromatic heterocycles. The quantitative estimate of drug-likeness (QED) is 0.353. The normalized spacial score (nSPS) is 15.0. The molecule has 0 atom stereocenters. The van der Waals surface area contributed by atoms with Crippen molar-refractivity contribution >= 4 is 29.9 Å². The van der Waals surface area contributed by atoms with Gasteiger partial charge in [0.15, 0.2) is 17.5 Å². The molecule has 8 heteroatoms. The van der Waals surface area contributed by atoms with E-state index in [4.69, 9.17) is 4.74 Å². The summed E-state index contributed by atoms with van der Waals surface area (Å²) >= 11 is 0. The molecule has 29 heavy (non-hydrogen) atoms. The summed E-state index contributed by atoms with van der Waals surface area (Å²) in [6.07, 6.45) is 0. The Morgan fingerprint density at radius 3 is 2.52 bits per heavy atom. The molecule has 0 amide bonds.